The van der Waals surface area contributed by atoms with E-state index in [0.29, 0.717) is 0 Å². The van der Waals surface area contributed by atoms with Crippen molar-refractivity contribution in [2.75, 3.05) is 46.4 Å². The number of ether oxygens (including phenoxy) is 1. The first-order valence-corrected chi connectivity index (χ1v) is 9.29. The van der Waals surface area contributed by atoms with Gasteiger partial charge in [-0.05, 0) is 51.2 Å². The van der Waals surface area contributed by atoms with Crippen molar-refractivity contribution in [3.8, 4) is 0 Å². The Bertz CT molecular complexity index is 456. The first-order chi connectivity index (χ1) is 11.3. The highest BCUT2D eigenvalue weighted by atomic mass is 16.5. The Morgan fingerprint density at radius 3 is 2.78 bits per heavy atom. The molecule has 130 valence electrons. The van der Waals surface area contributed by atoms with E-state index in [-0.39, 0.29) is 0 Å². The van der Waals surface area contributed by atoms with Crippen molar-refractivity contribution in [3.63, 3.8) is 0 Å². The second kappa shape index (κ2) is 8.81. The van der Waals surface area contributed by atoms with E-state index < -0.39 is 0 Å². The molecule has 3 rings (SSSR count). The molecule has 0 saturated carbocycles. The fourth-order valence-corrected chi connectivity index (χ4v) is 4.04. The Labute approximate surface area is 140 Å². The smallest absolute Gasteiger partial charge is 0.122 e. The van der Waals surface area contributed by atoms with Crippen molar-refractivity contribution in [1.29, 1.82) is 0 Å². The first-order valence-electron chi connectivity index (χ1n) is 9.29. The number of nitrogens with zero attached hydrogens (tertiary/aromatic N) is 4. The minimum Gasteiger partial charge on any atom is -0.383 e. The predicted molar refractivity (Wildman–Crippen MR) is 92.4 cm³/mol. The fourth-order valence-electron chi connectivity index (χ4n) is 4.04. The summed E-state index contributed by atoms with van der Waals surface area (Å²) >= 11 is 0. The number of aromatic nitrogens is 2. The molecule has 0 aromatic carbocycles. The summed E-state index contributed by atoms with van der Waals surface area (Å²) in [5.74, 6) is 2.02. The summed E-state index contributed by atoms with van der Waals surface area (Å²) in [5.41, 5.74) is 0. The molecule has 2 aliphatic heterocycles. The quantitative estimate of drug-likeness (QED) is 0.771. The van der Waals surface area contributed by atoms with Crippen LogP contribution in [-0.4, -0.2) is 65.8 Å². The summed E-state index contributed by atoms with van der Waals surface area (Å²) in [4.78, 5) is 9.85. The molecule has 2 fully saturated rings. The van der Waals surface area contributed by atoms with Gasteiger partial charge in [-0.1, -0.05) is 6.42 Å². The van der Waals surface area contributed by atoms with Gasteiger partial charge in [-0.2, -0.15) is 0 Å². The molecule has 1 aromatic rings. The molecule has 5 nitrogen and oxygen atoms in total. The SMILES string of the molecule is COCCn1ccnc1CN1CCC[C@@H](CN2CCCCC2)C1. The predicted octanol–water partition coefficient (Wildman–Crippen LogP) is 2.23. The number of piperidine rings is 2. The summed E-state index contributed by atoms with van der Waals surface area (Å²) in [6, 6.07) is 0. The van der Waals surface area contributed by atoms with E-state index in [1.54, 1.807) is 7.11 Å². The third kappa shape index (κ3) is 5.03. The molecule has 2 saturated heterocycles. The molecule has 23 heavy (non-hydrogen) atoms. The van der Waals surface area contributed by atoms with Crippen molar-refractivity contribution in [2.45, 2.75) is 45.2 Å². The molecule has 0 radical (unpaired) electrons. The molecule has 0 spiro atoms. The van der Waals surface area contributed by atoms with Gasteiger partial charge in [0.2, 0.25) is 0 Å². The molecular weight excluding hydrogens is 288 g/mol. The minimum absolute atomic E-state index is 0.751. The average molecular weight is 320 g/mol. The third-order valence-corrected chi connectivity index (χ3v) is 5.27. The summed E-state index contributed by atoms with van der Waals surface area (Å²) in [6.45, 7) is 9.01. The molecule has 1 atom stereocenters. The van der Waals surface area contributed by atoms with E-state index in [9.17, 15) is 0 Å². The molecule has 3 heterocycles. The number of rotatable bonds is 7. The highest BCUT2D eigenvalue weighted by Gasteiger charge is 2.23. The lowest BCUT2D eigenvalue weighted by atomic mass is 9.96. The maximum atomic E-state index is 5.19. The van der Waals surface area contributed by atoms with Crippen molar-refractivity contribution in [1.82, 2.24) is 19.4 Å². The van der Waals surface area contributed by atoms with Gasteiger partial charge >= 0.3 is 0 Å². The van der Waals surface area contributed by atoms with Crippen LogP contribution in [0.15, 0.2) is 12.4 Å². The van der Waals surface area contributed by atoms with Crippen LogP contribution in [0.25, 0.3) is 0 Å². The number of hydrogen-bond acceptors (Lipinski definition) is 4. The summed E-state index contributed by atoms with van der Waals surface area (Å²) in [7, 11) is 1.76. The number of imidazole rings is 1. The van der Waals surface area contributed by atoms with Crippen LogP contribution in [0.2, 0.25) is 0 Å². The second-order valence-corrected chi connectivity index (χ2v) is 7.13. The van der Waals surface area contributed by atoms with Gasteiger partial charge in [-0.15, -0.1) is 0 Å². The van der Waals surface area contributed by atoms with Gasteiger partial charge in [-0.3, -0.25) is 4.90 Å². The van der Waals surface area contributed by atoms with Crippen LogP contribution in [0.4, 0.5) is 0 Å². The van der Waals surface area contributed by atoms with E-state index in [2.05, 4.69) is 25.5 Å². The molecule has 0 bridgehead atoms. The Kier molecular flexibility index (Phi) is 6.48. The van der Waals surface area contributed by atoms with Gasteiger partial charge < -0.3 is 14.2 Å². The fraction of sp³-hybridized carbons (Fsp3) is 0.833. The minimum atomic E-state index is 0.751. The van der Waals surface area contributed by atoms with Gasteiger partial charge in [0.15, 0.2) is 0 Å². The monoisotopic (exact) mass is 320 g/mol. The summed E-state index contributed by atoms with van der Waals surface area (Å²) < 4.78 is 7.43. The lowest BCUT2D eigenvalue weighted by Gasteiger charge is -2.36. The number of methoxy groups -OCH3 is 1. The largest absolute Gasteiger partial charge is 0.383 e. The Morgan fingerprint density at radius 1 is 1.13 bits per heavy atom. The van der Waals surface area contributed by atoms with Crippen LogP contribution in [0.5, 0.6) is 0 Å². The zero-order valence-corrected chi connectivity index (χ0v) is 14.6. The van der Waals surface area contributed by atoms with E-state index in [0.717, 1.165) is 25.6 Å². The molecule has 2 aliphatic rings. The topological polar surface area (TPSA) is 33.5 Å². The van der Waals surface area contributed by atoms with Crippen LogP contribution < -0.4 is 0 Å². The van der Waals surface area contributed by atoms with Gasteiger partial charge in [0.1, 0.15) is 5.82 Å². The van der Waals surface area contributed by atoms with Crippen LogP contribution in [-0.2, 0) is 17.8 Å². The van der Waals surface area contributed by atoms with Gasteiger partial charge in [0.25, 0.3) is 0 Å². The highest BCUT2D eigenvalue weighted by molar-refractivity contribution is 4.93. The van der Waals surface area contributed by atoms with E-state index >= 15 is 0 Å². The second-order valence-electron chi connectivity index (χ2n) is 7.13. The maximum absolute atomic E-state index is 5.19. The van der Waals surface area contributed by atoms with Gasteiger partial charge in [0, 0.05) is 39.1 Å². The summed E-state index contributed by atoms with van der Waals surface area (Å²) in [5, 5.41) is 0. The molecule has 5 heteroatoms. The highest BCUT2D eigenvalue weighted by Crippen LogP contribution is 2.21. The Morgan fingerprint density at radius 2 is 1.96 bits per heavy atom. The maximum Gasteiger partial charge on any atom is 0.122 e. The summed E-state index contributed by atoms with van der Waals surface area (Å²) in [6.07, 6.45) is 10.9. The Balaban J connectivity index is 1.49. The van der Waals surface area contributed by atoms with Crippen LogP contribution in [0.3, 0.4) is 0 Å². The molecule has 1 aromatic heterocycles. The lowest BCUT2D eigenvalue weighted by Crippen LogP contribution is -2.42. The van der Waals surface area contributed by atoms with Crippen LogP contribution in [0.1, 0.15) is 37.9 Å². The molecule has 0 aliphatic carbocycles. The molecule has 0 N–H and O–H groups in total. The standard InChI is InChI=1S/C18H32N4O/c1-23-13-12-22-11-7-19-18(22)16-21-10-5-6-17(15-21)14-20-8-3-2-4-9-20/h7,11,17H,2-6,8-10,12-16H2,1H3/t17-/m0/s1. The normalized spacial score (nSPS) is 24.1. The average Bonchev–Trinajstić information content (AvgIpc) is 3.01. The van der Waals surface area contributed by atoms with Crippen molar-refractivity contribution in [3.05, 3.63) is 18.2 Å². The number of likely N-dealkylation sites (tertiary alicyclic amines) is 2. The first kappa shape index (κ1) is 16.9. The van der Waals surface area contributed by atoms with Gasteiger partial charge in [0.05, 0.1) is 13.2 Å². The third-order valence-electron chi connectivity index (χ3n) is 5.27. The molecule has 0 unspecified atom stereocenters. The lowest BCUT2D eigenvalue weighted by molar-refractivity contribution is 0.114. The zero-order valence-electron chi connectivity index (χ0n) is 14.6. The van der Waals surface area contributed by atoms with E-state index in [1.807, 2.05) is 6.20 Å². The van der Waals surface area contributed by atoms with E-state index in [4.69, 9.17) is 4.74 Å². The van der Waals surface area contributed by atoms with Crippen LogP contribution in [0, 0.1) is 5.92 Å². The molecule has 0 amide bonds. The Hall–Kier alpha value is -0.910. The van der Waals surface area contributed by atoms with Crippen molar-refractivity contribution >= 4 is 0 Å². The van der Waals surface area contributed by atoms with Crippen molar-refractivity contribution < 1.29 is 4.74 Å². The van der Waals surface area contributed by atoms with Gasteiger partial charge in [-0.25, -0.2) is 4.98 Å². The molecular formula is C18H32N4O. The van der Waals surface area contributed by atoms with E-state index in [1.165, 1.54) is 70.7 Å². The van der Waals surface area contributed by atoms with Crippen molar-refractivity contribution in [2.24, 2.45) is 5.92 Å². The zero-order chi connectivity index (χ0) is 15.9. The van der Waals surface area contributed by atoms with Crippen LogP contribution >= 0.6 is 0 Å². The number of hydrogen-bond donors (Lipinski definition) is 0.